The summed E-state index contributed by atoms with van der Waals surface area (Å²) in [5.74, 6) is 2.76. The number of benzene rings is 1. The minimum atomic E-state index is 0. The summed E-state index contributed by atoms with van der Waals surface area (Å²) in [6, 6.07) is 21.9. The first kappa shape index (κ1) is 46.1. The van der Waals surface area contributed by atoms with E-state index in [0.717, 1.165) is 17.3 Å². The van der Waals surface area contributed by atoms with E-state index in [0.29, 0.717) is 19.8 Å². The monoisotopic (exact) mass is 842 g/mol. The Balaban J connectivity index is -0.000000190. The summed E-state index contributed by atoms with van der Waals surface area (Å²) in [7, 11) is 5.01. The van der Waals surface area contributed by atoms with Crippen LogP contribution in [0, 0.1) is 24.0 Å². The number of hydrogen-bond donors (Lipinski definition) is 0. The average molecular weight is 842 g/mol. The van der Waals surface area contributed by atoms with Gasteiger partial charge >= 0.3 is 0 Å². The smallest absolute Gasteiger partial charge is 0.0474 e. The second-order valence-electron chi connectivity index (χ2n) is 6.20. The number of thiophene rings is 1. The number of ether oxygens (including phenoxy) is 3. The summed E-state index contributed by atoms with van der Waals surface area (Å²) < 4.78 is 24.3. The third-order valence-corrected chi connectivity index (χ3v) is 4.87. The minimum Gasteiger partial charge on any atom is -0.595 e. The summed E-state index contributed by atoms with van der Waals surface area (Å²) in [5, 5.41) is 2.98. The van der Waals surface area contributed by atoms with Crippen LogP contribution in [0.3, 0.4) is 0 Å². The Kier molecular flexibility index (Phi) is 42.8. The second-order valence-corrected chi connectivity index (χ2v) is 8.03. The Morgan fingerprint density at radius 1 is 0.757 bits per heavy atom. The van der Waals surface area contributed by atoms with E-state index in [1.165, 1.54) is 10.4 Å². The Labute approximate surface area is 331 Å². The van der Waals surface area contributed by atoms with Crippen molar-refractivity contribution in [2.24, 2.45) is 0 Å². The first-order valence-electron chi connectivity index (χ1n) is 9.98. The Morgan fingerprint density at radius 2 is 1.38 bits per heavy atom. The Bertz CT molecular complexity index is 793. The van der Waals surface area contributed by atoms with Crippen LogP contribution in [-0.2, 0) is 171 Å². The van der Waals surface area contributed by atoms with Gasteiger partial charge in [0.05, 0.1) is 0 Å². The number of methoxy groups -OCH3 is 3. The summed E-state index contributed by atoms with van der Waals surface area (Å²) in [6.07, 6.45) is 7.23. The van der Waals surface area contributed by atoms with Crippen LogP contribution < -0.4 is 0 Å². The van der Waals surface area contributed by atoms with Gasteiger partial charge in [0.25, 0.3) is 0 Å². The van der Waals surface area contributed by atoms with E-state index in [1.807, 2.05) is 54.8 Å². The van der Waals surface area contributed by atoms with Crippen LogP contribution in [0.1, 0.15) is 22.0 Å². The third kappa shape index (κ3) is 26.8. The molecule has 0 bridgehead atoms. The van der Waals surface area contributed by atoms with Crippen molar-refractivity contribution in [2.75, 3.05) is 27.6 Å². The maximum Gasteiger partial charge on any atom is 0.0474 e. The average Bonchev–Trinajstić information content (AvgIpc) is 3.62. The van der Waals surface area contributed by atoms with Crippen LogP contribution >= 0.6 is 23.1 Å². The third-order valence-electron chi connectivity index (χ3n) is 3.52. The SMILES string of the molecule is COCc1c[c-]ccc1.COCc1cc[c-]o1.COCc1cc[c-]s1.CSCc1cc[c-]o1.[Y].[Y].[Y].[Y]. The molecule has 5 nitrogen and oxygen atoms in total. The van der Waals surface area contributed by atoms with Gasteiger partial charge in [-0.2, -0.15) is 66.4 Å². The molecule has 0 atom stereocenters. The van der Waals surface area contributed by atoms with Crippen molar-refractivity contribution in [2.45, 2.75) is 25.6 Å². The molecule has 3 heterocycles. The second kappa shape index (κ2) is 34.3. The van der Waals surface area contributed by atoms with Crippen LogP contribution in [0.5, 0.6) is 0 Å². The molecule has 0 aliphatic rings. The fourth-order valence-electron chi connectivity index (χ4n) is 2.16. The van der Waals surface area contributed by atoms with Crippen molar-refractivity contribution in [1.29, 1.82) is 0 Å². The molecule has 4 rings (SSSR count). The molecule has 0 N–H and O–H groups in total. The van der Waals surface area contributed by atoms with Crippen LogP contribution in [0.25, 0.3) is 0 Å². The van der Waals surface area contributed by atoms with Crippen LogP contribution in [0.4, 0.5) is 0 Å². The molecule has 4 aromatic rings. The molecule has 37 heavy (non-hydrogen) atoms. The first-order valence-corrected chi connectivity index (χ1v) is 12.2. The van der Waals surface area contributed by atoms with Crippen molar-refractivity contribution in [1.82, 2.24) is 0 Å². The molecular weight excluding hydrogens is 812 g/mol. The number of hydrogen-bond acceptors (Lipinski definition) is 7. The molecule has 0 aliphatic heterocycles. The van der Waals surface area contributed by atoms with Crippen molar-refractivity contribution in [3.63, 3.8) is 0 Å². The van der Waals surface area contributed by atoms with E-state index in [1.54, 1.807) is 56.6 Å². The fourth-order valence-corrected chi connectivity index (χ4v) is 3.20. The standard InChI is InChI=1S/C8H9O.C6H7O2.2C6H7OS.4Y/c1-9-7-8-5-3-2-4-6-8;1-7-5-6-3-2-4-8-6;1-8-5-6-3-2-4-7-6;1-7-5-6-3-2-4-8-6;;;;/h2-3,5-6H,7H2,1H3;3*2-3H,5H2,1H3;;;;/q4*-1;;;;. The molecule has 3 aromatic heterocycles. The topological polar surface area (TPSA) is 54.0 Å². The molecule has 11 heteroatoms. The van der Waals surface area contributed by atoms with Crippen molar-refractivity contribution in [3.8, 4) is 0 Å². The molecule has 0 saturated heterocycles. The molecule has 0 saturated carbocycles. The van der Waals surface area contributed by atoms with Gasteiger partial charge in [0.2, 0.25) is 0 Å². The van der Waals surface area contributed by atoms with Gasteiger partial charge in [-0.25, -0.2) is 0 Å². The van der Waals surface area contributed by atoms with Crippen LogP contribution in [0.2, 0.25) is 0 Å². The molecule has 4 radical (unpaired) electrons. The molecule has 0 amide bonds. The summed E-state index contributed by atoms with van der Waals surface area (Å²) in [4.78, 5) is 1.23. The van der Waals surface area contributed by atoms with Crippen molar-refractivity contribution < 1.29 is 154 Å². The maximum absolute atomic E-state index is 4.93. The quantitative estimate of drug-likeness (QED) is 0.190. The fraction of sp³-hybridized carbons (Fsp3) is 0.308. The Morgan fingerprint density at radius 3 is 1.81 bits per heavy atom. The van der Waals surface area contributed by atoms with Gasteiger partial charge in [-0.05, 0) is 36.1 Å². The summed E-state index contributed by atoms with van der Waals surface area (Å²) >= 11 is 3.34. The molecule has 0 fully saturated rings. The van der Waals surface area contributed by atoms with Gasteiger partial charge in [0.1, 0.15) is 0 Å². The summed E-state index contributed by atoms with van der Waals surface area (Å²) in [6.45, 7) is 1.93. The van der Waals surface area contributed by atoms with Crippen molar-refractivity contribution >= 4 is 23.1 Å². The van der Waals surface area contributed by atoms with E-state index >= 15 is 0 Å². The Hall–Kier alpha value is 2.13. The first-order chi connectivity index (χ1) is 16.2. The minimum absolute atomic E-state index is 0. The zero-order valence-corrected chi connectivity index (χ0v) is 34.8. The van der Waals surface area contributed by atoms with E-state index < -0.39 is 0 Å². The van der Waals surface area contributed by atoms with Gasteiger partial charge in [-0.15, -0.1) is 28.0 Å². The molecule has 1 aromatic carbocycles. The predicted octanol–water partition coefficient (Wildman–Crippen LogP) is 6.49. The van der Waals surface area contributed by atoms with Gasteiger partial charge in [0.15, 0.2) is 0 Å². The van der Waals surface area contributed by atoms with Crippen LogP contribution in [0.15, 0.2) is 69.5 Å². The molecule has 0 unspecified atom stereocenters. The zero-order valence-electron chi connectivity index (χ0n) is 21.8. The maximum atomic E-state index is 4.93. The molecule has 0 aliphatic carbocycles. The number of furan rings is 2. The van der Waals surface area contributed by atoms with E-state index in [2.05, 4.69) is 24.0 Å². The van der Waals surface area contributed by atoms with Crippen LogP contribution in [-0.4, -0.2) is 27.6 Å². The summed E-state index contributed by atoms with van der Waals surface area (Å²) in [5.41, 5.74) is 1.17. The molecule has 0 spiro atoms. The molecule has 192 valence electrons. The van der Waals surface area contributed by atoms with E-state index in [-0.39, 0.29) is 131 Å². The number of rotatable bonds is 8. The van der Waals surface area contributed by atoms with E-state index in [4.69, 9.17) is 23.0 Å². The van der Waals surface area contributed by atoms with Gasteiger partial charge in [-0.3, -0.25) is 11.3 Å². The van der Waals surface area contributed by atoms with Gasteiger partial charge in [0, 0.05) is 172 Å². The zero-order chi connectivity index (χ0) is 24.0. The van der Waals surface area contributed by atoms with E-state index in [9.17, 15) is 0 Å². The normalized spacial score (nSPS) is 8.54. The van der Waals surface area contributed by atoms with Gasteiger partial charge in [-0.1, -0.05) is 0 Å². The van der Waals surface area contributed by atoms with Gasteiger partial charge < -0.3 is 23.0 Å². The number of thioether (sulfide) groups is 1. The van der Waals surface area contributed by atoms with Crippen molar-refractivity contribution in [3.05, 3.63) is 107 Å². The molecular formula is C26H30O5S2Y4-4. The largest absolute Gasteiger partial charge is 0.595 e. The predicted molar refractivity (Wildman–Crippen MR) is 133 cm³/mol.